The molecule has 3 rings (SSSR count). The molecule has 2 heterocycles. The molecule has 1 aliphatic heterocycles. The van der Waals surface area contributed by atoms with Crippen LogP contribution in [0, 0.1) is 16.2 Å². The molecule has 1 saturated heterocycles. The molecule has 0 spiro atoms. The van der Waals surface area contributed by atoms with E-state index >= 15 is 0 Å². The van der Waals surface area contributed by atoms with E-state index in [4.69, 9.17) is 26.6 Å². The van der Waals surface area contributed by atoms with E-state index in [1.54, 1.807) is 29.2 Å². The fourth-order valence-electron chi connectivity index (χ4n) is 2.20. The first-order chi connectivity index (χ1) is 10.7. The van der Waals surface area contributed by atoms with Crippen molar-refractivity contribution < 1.29 is 13.9 Å². The molecule has 112 valence electrons. The zero-order valence-corrected chi connectivity index (χ0v) is 12.3. The van der Waals surface area contributed by atoms with Crippen LogP contribution in [0.3, 0.4) is 0 Å². The molecule has 1 amide bonds. The molecule has 0 aliphatic carbocycles. The van der Waals surface area contributed by atoms with Gasteiger partial charge in [-0.3, -0.25) is 4.79 Å². The van der Waals surface area contributed by atoms with Crippen LogP contribution >= 0.6 is 12.2 Å². The number of amides is 1. The van der Waals surface area contributed by atoms with Gasteiger partial charge < -0.3 is 14.1 Å². The number of rotatable bonds is 2. The molecule has 2 aromatic rings. The van der Waals surface area contributed by atoms with Crippen LogP contribution in [0.25, 0.3) is 11.5 Å². The van der Waals surface area contributed by atoms with Crippen molar-refractivity contribution >= 4 is 18.1 Å². The highest BCUT2D eigenvalue weighted by Gasteiger charge is 2.24. The summed E-state index contributed by atoms with van der Waals surface area (Å²) >= 11 is 4.82. The predicted molar refractivity (Wildman–Crippen MR) is 78.4 cm³/mol. The first kappa shape index (κ1) is 14.4. The quantitative estimate of drug-likeness (QED) is 0.848. The van der Waals surface area contributed by atoms with Crippen LogP contribution in [0.1, 0.15) is 10.4 Å². The van der Waals surface area contributed by atoms with E-state index in [1.165, 1.54) is 0 Å². The van der Waals surface area contributed by atoms with Crippen LogP contribution < -0.4 is 0 Å². The largest absolute Gasteiger partial charge is 0.409 e. The monoisotopic (exact) mass is 316 g/mol. The van der Waals surface area contributed by atoms with Gasteiger partial charge in [0, 0.05) is 17.7 Å². The molecular weight excluding hydrogens is 304 g/mol. The number of aromatic amines is 1. The molecule has 0 unspecified atom stereocenters. The normalized spacial score (nSPS) is 18.0. The maximum absolute atomic E-state index is 12.4. The summed E-state index contributed by atoms with van der Waals surface area (Å²) in [5, 5.41) is 15.4. The number of benzene rings is 1. The van der Waals surface area contributed by atoms with Gasteiger partial charge in [-0.25, -0.2) is 5.10 Å². The second-order valence-electron chi connectivity index (χ2n) is 4.74. The van der Waals surface area contributed by atoms with Crippen LogP contribution in [0.4, 0.5) is 0 Å². The van der Waals surface area contributed by atoms with Gasteiger partial charge in [0.2, 0.25) is 5.89 Å². The molecule has 7 nitrogen and oxygen atoms in total. The molecule has 1 N–H and O–H groups in total. The maximum Gasteiger partial charge on any atom is 0.284 e. The van der Waals surface area contributed by atoms with Crippen molar-refractivity contribution in [2.45, 2.75) is 6.10 Å². The topological polar surface area (TPSA) is 95.2 Å². The summed E-state index contributed by atoms with van der Waals surface area (Å²) in [4.78, 5) is 14.2. The van der Waals surface area contributed by atoms with Gasteiger partial charge in [0.25, 0.3) is 10.7 Å². The SMILES string of the molecule is N#C[C@@H]1CN(C(=O)c2ccc(-c3n[nH]c(=S)o3)cc2)CCO1. The Morgan fingerprint density at radius 2 is 2.23 bits per heavy atom. The third kappa shape index (κ3) is 2.90. The number of nitriles is 1. The van der Waals surface area contributed by atoms with Gasteiger partial charge in [-0.1, -0.05) is 0 Å². The predicted octanol–water partition coefficient (Wildman–Crippen LogP) is 1.76. The fraction of sp³-hybridized carbons (Fsp3) is 0.286. The molecule has 0 saturated carbocycles. The number of carbonyl (C=O) groups excluding carboxylic acids is 1. The average Bonchev–Trinajstić information content (AvgIpc) is 3.01. The summed E-state index contributed by atoms with van der Waals surface area (Å²) < 4.78 is 10.4. The number of morpholine rings is 1. The van der Waals surface area contributed by atoms with E-state index < -0.39 is 6.10 Å². The van der Waals surface area contributed by atoms with Gasteiger partial charge in [-0.15, -0.1) is 5.10 Å². The summed E-state index contributed by atoms with van der Waals surface area (Å²) in [5.74, 6) is 0.248. The zero-order valence-electron chi connectivity index (χ0n) is 11.5. The molecule has 1 atom stereocenters. The van der Waals surface area contributed by atoms with Crippen molar-refractivity contribution in [3.63, 3.8) is 0 Å². The number of hydrogen-bond donors (Lipinski definition) is 1. The number of H-pyrrole nitrogens is 1. The van der Waals surface area contributed by atoms with Crippen molar-refractivity contribution in [2.24, 2.45) is 0 Å². The van der Waals surface area contributed by atoms with Crippen molar-refractivity contribution in [2.75, 3.05) is 19.7 Å². The molecule has 1 aromatic heterocycles. The van der Waals surface area contributed by atoms with Crippen molar-refractivity contribution in [3.05, 3.63) is 34.7 Å². The average molecular weight is 316 g/mol. The van der Waals surface area contributed by atoms with Gasteiger partial charge >= 0.3 is 0 Å². The fourth-order valence-corrected chi connectivity index (χ4v) is 2.33. The number of ether oxygens (including phenoxy) is 1. The van der Waals surface area contributed by atoms with Crippen LogP contribution in [-0.2, 0) is 4.74 Å². The number of nitrogens with one attached hydrogen (secondary N) is 1. The lowest BCUT2D eigenvalue weighted by molar-refractivity contribution is 0.00347. The van der Waals surface area contributed by atoms with E-state index in [-0.39, 0.29) is 17.3 Å². The Bertz CT molecular complexity index is 774. The number of hydrogen-bond acceptors (Lipinski definition) is 6. The van der Waals surface area contributed by atoms with Crippen molar-refractivity contribution in [3.8, 4) is 17.5 Å². The highest BCUT2D eigenvalue weighted by Crippen LogP contribution is 2.18. The Kier molecular flexibility index (Phi) is 4.00. The lowest BCUT2D eigenvalue weighted by atomic mass is 10.1. The third-order valence-electron chi connectivity index (χ3n) is 3.31. The van der Waals surface area contributed by atoms with E-state index in [0.717, 1.165) is 5.56 Å². The minimum Gasteiger partial charge on any atom is -0.409 e. The molecule has 1 aliphatic rings. The first-order valence-corrected chi connectivity index (χ1v) is 7.04. The lowest BCUT2D eigenvalue weighted by Crippen LogP contribution is -2.45. The molecule has 0 bridgehead atoms. The standard InChI is InChI=1S/C14H12N4O3S/c15-7-11-8-18(5-6-20-11)13(19)10-3-1-9(2-4-10)12-16-17-14(22)21-12/h1-4,11H,5-6,8H2,(H,17,22)/t11-/m1/s1. The highest BCUT2D eigenvalue weighted by molar-refractivity contribution is 7.71. The summed E-state index contributed by atoms with van der Waals surface area (Å²) in [6.45, 7) is 1.13. The Morgan fingerprint density at radius 3 is 2.86 bits per heavy atom. The minimum atomic E-state index is -0.565. The summed E-state index contributed by atoms with van der Waals surface area (Å²) in [6, 6.07) is 8.90. The Balaban J connectivity index is 1.76. The van der Waals surface area contributed by atoms with Gasteiger partial charge in [-0.2, -0.15) is 5.26 Å². The second kappa shape index (κ2) is 6.09. The summed E-state index contributed by atoms with van der Waals surface area (Å²) in [5.41, 5.74) is 1.26. The van der Waals surface area contributed by atoms with Crippen molar-refractivity contribution in [1.82, 2.24) is 15.1 Å². The van der Waals surface area contributed by atoms with E-state index in [9.17, 15) is 4.79 Å². The smallest absolute Gasteiger partial charge is 0.284 e. The van der Waals surface area contributed by atoms with Gasteiger partial charge in [0.05, 0.1) is 19.2 Å². The summed E-state index contributed by atoms with van der Waals surface area (Å²) in [6.07, 6.45) is -0.565. The lowest BCUT2D eigenvalue weighted by Gasteiger charge is -2.29. The van der Waals surface area contributed by atoms with Gasteiger partial charge in [0.15, 0.2) is 6.10 Å². The van der Waals surface area contributed by atoms with Gasteiger partial charge in [0.1, 0.15) is 0 Å². The Hall–Kier alpha value is -2.50. The van der Waals surface area contributed by atoms with E-state index in [1.807, 2.05) is 6.07 Å². The minimum absolute atomic E-state index is 0.127. The maximum atomic E-state index is 12.4. The van der Waals surface area contributed by atoms with Gasteiger partial charge in [-0.05, 0) is 36.5 Å². The molecular formula is C14H12N4O3S. The highest BCUT2D eigenvalue weighted by atomic mass is 32.1. The Morgan fingerprint density at radius 1 is 1.45 bits per heavy atom. The molecule has 1 aromatic carbocycles. The molecule has 0 radical (unpaired) electrons. The number of aromatic nitrogens is 2. The van der Waals surface area contributed by atoms with Crippen LogP contribution in [0.2, 0.25) is 0 Å². The first-order valence-electron chi connectivity index (χ1n) is 6.64. The zero-order chi connectivity index (χ0) is 15.5. The van der Waals surface area contributed by atoms with Crippen molar-refractivity contribution in [1.29, 1.82) is 5.26 Å². The second-order valence-corrected chi connectivity index (χ2v) is 5.11. The third-order valence-corrected chi connectivity index (χ3v) is 3.49. The van der Waals surface area contributed by atoms with Crippen LogP contribution in [0.5, 0.6) is 0 Å². The molecule has 1 fully saturated rings. The van der Waals surface area contributed by atoms with E-state index in [0.29, 0.717) is 24.6 Å². The van der Waals surface area contributed by atoms with E-state index in [2.05, 4.69) is 10.2 Å². The summed E-state index contributed by atoms with van der Waals surface area (Å²) in [7, 11) is 0. The Labute approximate surface area is 131 Å². The van der Waals surface area contributed by atoms with Crippen LogP contribution in [-0.4, -0.2) is 46.8 Å². The number of carbonyl (C=O) groups is 1. The molecule has 22 heavy (non-hydrogen) atoms. The molecule has 8 heteroatoms. The van der Waals surface area contributed by atoms with Crippen LogP contribution in [0.15, 0.2) is 28.7 Å². The number of nitrogens with zero attached hydrogens (tertiary/aromatic N) is 3.